The van der Waals surface area contributed by atoms with Crippen molar-refractivity contribution >= 4 is 34.5 Å². The summed E-state index contributed by atoms with van der Waals surface area (Å²) in [6, 6.07) is 5.06. The van der Waals surface area contributed by atoms with Crippen molar-refractivity contribution in [2.45, 2.75) is 11.8 Å². The summed E-state index contributed by atoms with van der Waals surface area (Å²) < 4.78 is 5.34. The van der Waals surface area contributed by atoms with Gasteiger partial charge in [-0.3, -0.25) is 0 Å². The lowest BCUT2D eigenvalue weighted by Gasteiger charge is -2.06. The quantitative estimate of drug-likeness (QED) is 0.672. The van der Waals surface area contributed by atoms with E-state index < -0.39 is 5.97 Å². The van der Waals surface area contributed by atoms with Crippen LogP contribution >= 0.6 is 28.6 Å². The van der Waals surface area contributed by atoms with Gasteiger partial charge in [0.25, 0.3) is 0 Å². The van der Waals surface area contributed by atoms with Crippen molar-refractivity contribution in [3.05, 3.63) is 27.7 Å². The van der Waals surface area contributed by atoms with Crippen LogP contribution in [0, 0.1) is 11.3 Å². The first-order valence-electron chi connectivity index (χ1n) is 4.20. The van der Waals surface area contributed by atoms with E-state index in [0.717, 1.165) is 0 Å². The maximum Gasteiger partial charge on any atom is 0.339 e. The molecule has 0 amide bonds. The summed E-state index contributed by atoms with van der Waals surface area (Å²) in [4.78, 5) is 11.9. The van der Waals surface area contributed by atoms with Gasteiger partial charge in [-0.1, -0.05) is 0 Å². The molecule has 0 spiro atoms. The number of hydrogen-bond donors (Lipinski definition) is 1. The largest absolute Gasteiger partial charge is 0.462 e. The Morgan fingerprint density at radius 3 is 2.87 bits per heavy atom. The Kier molecular flexibility index (Phi) is 4.18. The van der Waals surface area contributed by atoms with E-state index in [2.05, 4.69) is 28.6 Å². The van der Waals surface area contributed by atoms with E-state index in [0.29, 0.717) is 27.1 Å². The van der Waals surface area contributed by atoms with Crippen molar-refractivity contribution in [3.63, 3.8) is 0 Å². The van der Waals surface area contributed by atoms with Crippen LogP contribution in [0.5, 0.6) is 0 Å². The molecule has 0 N–H and O–H groups in total. The molecule has 0 atom stereocenters. The van der Waals surface area contributed by atoms with Crippen LogP contribution in [0.2, 0.25) is 0 Å². The van der Waals surface area contributed by atoms with E-state index in [9.17, 15) is 4.79 Å². The highest BCUT2D eigenvalue weighted by Crippen LogP contribution is 2.28. The number of nitriles is 1. The van der Waals surface area contributed by atoms with Gasteiger partial charge < -0.3 is 4.74 Å². The second kappa shape index (κ2) is 5.19. The molecule has 0 unspecified atom stereocenters. The zero-order valence-corrected chi connectivity index (χ0v) is 10.4. The van der Waals surface area contributed by atoms with Gasteiger partial charge in [-0.2, -0.15) is 5.26 Å². The summed E-state index contributed by atoms with van der Waals surface area (Å²) in [5, 5.41) is 8.74. The fourth-order valence-corrected chi connectivity index (χ4v) is 1.77. The Balaban J connectivity index is 3.19. The lowest BCUT2D eigenvalue weighted by Crippen LogP contribution is -2.06. The predicted molar refractivity (Wildman–Crippen MR) is 62.1 cm³/mol. The van der Waals surface area contributed by atoms with Gasteiger partial charge in [0, 0.05) is 9.37 Å². The normalized spacial score (nSPS) is 9.47. The first kappa shape index (κ1) is 12.1. The van der Waals surface area contributed by atoms with Gasteiger partial charge in [-0.25, -0.2) is 4.79 Å². The monoisotopic (exact) mass is 285 g/mol. The summed E-state index contributed by atoms with van der Waals surface area (Å²) in [6.07, 6.45) is 0. The molecule has 0 aliphatic rings. The van der Waals surface area contributed by atoms with E-state index in [-0.39, 0.29) is 0 Å². The SMILES string of the molecule is CCOC(=O)c1ccc(C#N)c(S)c1Br. The van der Waals surface area contributed by atoms with Crippen molar-refractivity contribution in [1.82, 2.24) is 0 Å². The summed E-state index contributed by atoms with van der Waals surface area (Å²) in [5.41, 5.74) is 0.791. The molecule has 15 heavy (non-hydrogen) atoms. The van der Waals surface area contributed by atoms with Crippen LogP contribution in [0.3, 0.4) is 0 Å². The average Bonchev–Trinajstić information content (AvgIpc) is 2.22. The highest BCUT2D eigenvalue weighted by molar-refractivity contribution is 9.10. The van der Waals surface area contributed by atoms with Crippen LogP contribution < -0.4 is 0 Å². The molecule has 78 valence electrons. The third kappa shape index (κ3) is 2.52. The fraction of sp³-hybridized carbons (Fsp3) is 0.200. The summed E-state index contributed by atoms with van der Waals surface area (Å²) in [5.74, 6) is -0.427. The molecular weight excluding hydrogens is 278 g/mol. The zero-order valence-electron chi connectivity index (χ0n) is 7.95. The minimum Gasteiger partial charge on any atom is -0.462 e. The summed E-state index contributed by atoms with van der Waals surface area (Å²) >= 11 is 7.36. The molecule has 0 heterocycles. The van der Waals surface area contributed by atoms with E-state index >= 15 is 0 Å². The van der Waals surface area contributed by atoms with Gasteiger partial charge in [-0.15, -0.1) is 12.6 Å². The maximum absolute atomic E-state index is 11.4. The number of rotatable bonds is 2. The number of hydrogen-bond acceptors (Lipinski definition) is 4. The smallest absolute Gasteiger partial charge is 0.339 e. The lowest BCUT2D eigenvalue weighted by atomic mass is 10.1. The molecule has 1 aromatic carbocycles. The first-order valence-corrected chi connectivity index (χ1v) is 5.44. The van der Waals surface area contributed by atoms with Crippen LogP contribution in [-0.4, -0.2) is 12.6 Å². The highest BCUT2D eigenvalue weighted by Gasteiger charge is 2.15. The van der Waals surface area contributed by atoms with E-state index in [1.165, 1.54) is 0 Å². The van der Waals surface area contributed by atoms with Gasteiger partial charge in [0.2, 0.25) is 0 Å². The van der Waals surface area contributed by atoms with Crippen LogP contribution in [0.15, 0.2) is 21.5 Å². The molecule has 1 rings (SSSR count). The highest BCUT2D eigenvalue weighted by atomic mass is 79.9. The van der Waals surface area contributed by atoms with E-state index in [1.54, 1.807) is 19.1 Å². The fourth-order valence-electron chi connectivity index (χ4n) is 1.02. The summed E-state index contributed by atoms with van der Waals surface area (Å²) in [7, 11) is 0. The maximum atomic E-state index is 11.4. The van der Waals surface area contributed by atoms with Gasteiger partial charge in [-0.05, 0) is 35.0 Å². The molecule has 0 bridgehead atoms. The molecule has 0 aliphatic carbocycles. The van der Waals surface area contributed by atoms with Crippen molar-refractivity contribution in [3.8, 4) is 6.07 Å². The molecule has 5 heteroatoms. The minimum atomic E-state index is -0.427. The van der Waals surface area contributed by atoms with E-state index in [1.807, 2.05) is 6.07 Å². The van der Waals surface area contributed by atoms with Crippen molar-refractivity contribution in [1.29, 1.82) is 5.26 Å². The molecule has 0 saturated carbocycles. The van der Waals surface area contributed by atoms with Crippen molar-refractivity contribution in [2.75, 3.05) is 6.61 Å². The Morgan fingerprint density at radius 2 is 2.33 bits per heavy atom. The molecule has 0 saturated heterocycles. The third-order valence-electron chi connectivity index (χ3n) is 1.73. The van der Waals surface area contributed by atoms with Crippen LogP contribution in [0.1, 0.15) is 22.8 Å². The average molecular weight is 286 g/mol. The molecule has 1 aromatic rings. The second-order valence-corrected chi connectivity index (χ2v) is 3.90. The number of benzene rings is 1. The molecule has 0 radical (unpaired) electrons. The standard InChI is InChI=1S/C10H8BrNO2S/c1-2-14-10(13)7-4-3-6(5-12)9(15)8(7)11/h3-4,15H,2H2,1H3. The Morgan fingerprint density at radius 1 is 1.67 bits per heavy atom. The van der Waals surface area contributed by atoms with Gasteiger partial charge in [0.05, 0.1) is 17.7 Å². The predicted octanol–water partition coefficient (Wildman–Crippen LogP) is 2.79. The van der Waals surface area contributed by atoms with Gasteiger partial charge >= 0.3 is 5.97 Å². The van der Waals surface area contributed by atoms with Gasteiger partial charge in [0.15, 0.2) is 0 Å². The molecule has 0 aromatic heterocycles. The Bertz CT molecular complexity index is 440. The molecule has 0 aliphatic heterocycles. The van der Waals surface area contributed by atoms with E-state index in [4.69, 9.17) is 10.00 Å². The second-order valence-electron chi connectivity index (χ2n) is 2.66. The number of nitrogens with zero attached hydrogens (tertiary/aromatic N) is 1. The van der Waals surface area contributed by atoms with Crippen molar-refractivity contribution in [2.24, 2.45) is 0 Å². The lowest BCUT2D eigenvalue weighted by molar-refractivity contribution is 0.0525. The topological polar surface area (TPSA) is 50.1 Å². The number of esters is 1. The Labute approximate surface area is 102 Å². The third-order valence-corrected chi connectivity index (χ3v) is 3.33. The number of thiol groups is 1. The number of halogens is 1. The van der Waals surface area contributed by atoms with Crippen LogP contribution in [0.25, 0.3) is 0 Å². The molecule has 0 fully saturated rings. The van der Waals surface area contributed by atoms with Crippen LogP contribution in [0.4, 0.5) is 0 Å². The minimum absolute atomic E-state index is 0.313. The first-order chi connectivity index (χ1) is 7.11. The van der Waals surface area contributed by atoms with Gasteiger partial charge in [0.1, 0.15) is 6.07 Å². The number of carbonyl (C=O) groups excluding carboxylic acids is 1. The summed E-state index contributed by atoms with van der Waals surface area (Å²) in [6.45, 7) is 2.05. The molecule has 3 nitrogen and oxygen atoms in total. The molecular formula is C10H8BrNO2S. The van der Waals surface area contributed by atoms with Crippen LogP contribution in [-0.2, 0) is 4.74 Å². The Hall–Kier alpha value is -0.990. The number of ether oxygens (including phenoxy) is 1. The zero-order chi connectivity index (χ0) is 11.4. The number of carbonyl (C=O) groups is 1. The van der Waals surface area contributed by atoms with Crippen molar-refractivity contribution < 1.29 is 9.53 Å².